The quantitative estimate of drug-likeness (QED) is 0.859. The van der Waals surface area contributed by atoms with Gasteiger partial charge in [0.2, 0.25) is 0 Å². The molecule has 15 heavy (non-hydrogen) atoms. The topological polar surface area (TPSA) is 63.3 Å². The summed E-state index contributed by atoms with van der Waals surface area (Å²) in [5, 5.41) is 9.70. The summed E-state index contributed by atoms with van der Waals surface area (Å²) < 4.78 is 0. The van der Waals surface area contributed by atoms with Gasteiger partial charge in [-0.3, -0.25) is 4.79 Å². The van der Waals surface area contributed by atoms with Crippen LogP contribution in [0.15, 0.2) is 18.2 Å². The van der Waals surface area contributed by atoms with Gasteiger partial charge in [0.25, 0.3) is 0 Å². The summed E-state index contributed by atoms with van der Waals surface area (Å²) in [6.45, 7) is 0. The molecule has 0 aromatic heterocycles. The second-order valence-electron chi connectivity index (χ2n) is 3.22. The molecule has 0 aliphatic rings. The number of aliphatic carboxylic acids is 1. The molecule has 1 aromatic carbocycles. The molecular weight excluding hydrogens is 237 g/mol. The average molecular weight is 248 g/mol. The van der Waals surface area contributed by atoms with Crippen LogP contribution >= 0.6 is 23.2 Å². The summed E-state index contributed by atoms with van der Waals surface area (Å²) in [7, 11) is 0. The zero-order valence-electron chi connectivity index (χ0n) is 7.91. The van der Waals surface area contributed by atoms with Crippen LogP contribution in [0, 0.1) is 0 Å². The Labute approximate surface area is 97.8 Å². The summed E-state index contributed by atoms with van der Waals surface area (Å²) in [6, 6.07) is 4.27. The zero-order chi connectivity index (χ0) is 11.4. The summed E-state index contributed by atoms with van der Waals surface area (Å²) in [6.07, 6.45) is 0.889. The van der Waals surface area contributed by atoms with E-state index in [2.05, 4.69) is 0 Å². The van der Waals surface area contributed by atoms with Crippen LogP contribution in [0.3, 0.4) is 0 Å². The maximum atomic E-state index is 10.5. The lowest BCUT2D eigenvalue weighted by molar-refractivity contribution is -0.138. The fraction of sp³-hybridized carbons (Fsp3) is 0.300. The predicted molar refractivity (Wildman–Crippen MR) is 60.4 cm³/mol. The summed E-state index contributed by atoms with van der Waals surface area (Å²) in [4.78, 5) is 10.5. The minimum absolute atomic E-state index is 0.358. The first-order chi connectivity index (χ1) is 7.00. The molecule has 1 rings (SSSR count). The SMILES string of the molecule is N[C@H](CCc1ccc(Cl)cc1Cl)C(=O)O. The molecule has 3 nitrogen and oxygen atoms in total. The van der Waals surface area contributed by atoms with Crippen LogP contribution in [0.1, 0.15) is 12.0 Å². The smallest absolute Gasteiger partial charge is 0.320 e. The van der Waals surface area contributed by atoms with Crippen molar-refractivity contribution in [3.63, 3.8) is 0 Å². The van der Waals surface area contributed by atoms with Gasteiger partial charge in [0, 0.05) is 10.0 Å². The van der Waals surface area contributed by atoms with Crippen LogP contribution in [0.25, 0.3) is 0 Å². The van der Waals surface area contributed by atoms with E-state index in [0.29, 0.717) is 22.9 Å². The van der Waals surface area contributed by atoms with Crippen molar-refractivity contribution in [2.24, 2.45) is 5.73 Å². The molecule has 0 saturated carbocycles. The number of benzene rings is 1. The van der Waals surface area contributed by atoms with Gasteiger partial charge in [0.05, 0.1) is 0 Å². The molecule has 0 bridgehead atoms. The van der Waals surface area contributed by atoms with Crippen LogP contribution in [-0.2, 0) is 11.2 Å². The minimum atomic E-state index is -1.000. The first-order valence-electron chi connectivity index (χ1n) is 4.43. The van der Waals surface area contributed by atoms with Gasteiger partial charge >= 0.3 is 5.97 Å². The number of hydrogen-bond donors (Lipinski definition) is 2. The Kier molecular flexibility index (Phi) is 4.39. The Morgan fingerprint density at radius 2 is 2.13 bits per heavy atom. The molecule has 0 aliphatic carbocycles. The summed E-state index contributed by atoms with van der Waals surface area (Å²) in [5.41, 5.74) is 6.23. The van der Waals surface area contributed by atoms with E-state index in [4.69, 9.17) is 34.0 Å². The van der Waals surface area contributed by atoms with Crippen molar-refractivity contribution in [1.82, 2.24) is 0 Å². The highest BCUT2D eigenvalue weighted by Crippen LogP contribution is 2.22. The fourth-order valence-corrected chi connectivity index (χ4v) is 1.66. The number of aryl methyl sites for hydroxylation is 1. The number of halogens is 2. The van der Waals surface area contributed by atoms with Crippen molar-refractivity contribution in [3.8, 4) is 0 Å². The van der Waals surface area contributed by atoms with Gasteiger partial charge in [-0.2, -0.15) is 0 Å². The lowest BCUT2D eigenvalue weighted by Gasteiger charge is -2.07. The van der Waals surface area contributed by atoms with Crippen molar-refractivity contribution < 1.29 is 9.90 Å². The van der Waals surface area contributed by atoms with Crippen LogP contribution in [0.5, 0.6) is 0 Å². The monoisotopic (exact) mass is 247 g/mol. The molecule has 3 N–H and O–H groups in total. The second kappa shape index (κ2) is 5.35. The predicted octanol–water partition coefficient (Wildman–Crippen LogP) is 2.34. The van der Waals surface area contributed by atoms with E-state index in [1.54, 1.807) is 18.2 Å². The van der Waals surface area contributed by atoms with Gasteiger partial charge in [-0.25, -0.2) is 0 Å². The molecule has 5 heteroatoms. The van der Waals surface area contributed by atoms with Crippen molar-refractivity contribution in [2.45, 2.75) is 18.9 Å². The third-order valence-corrected chi connectivity index (χ3v) is 2.64. The summed E-state index contributed by atoms with van der Waals surface area (Å²) in [5.74, 6) is -1.000. The molecule has 0 amide bonds. The van der Waals surface area contributed by atoms with Crippen LogP contribution in [-0.4, -0.2) is 17.1 Å². The molecule has 0 radical (unpaired) electrons. The van der Waals surface area contributed by atoms with Gasteiger partial charge in [-0.05, 0) is 30.5 Å². The number of carboxylic acids is 1. The Bertz CT molecular complexity index is 368. The second-order valence-corrected chi connectivity index (χ2v) is 4.06. The molecule has 0 aliphatic heterocycles. The largest absolute Gasteiger partial charge is 0.480 e. The maximum absolute atomic E-state index is 10.5. The number of nitrogens with two attached hydrogens (primary N) is 1. The number of hydrogen-bond acceptors (Lipinski definition) is 2. The molecule has 82 valence electrons. The van der Waals surface area contributed by atoms with E-state index in [9.17, 15) is 4.79 Å². The lowest BCUT2D eigenvalue weighted by Crippen LogP contribution is -2.30. The van der Waals surface area contributed by atoms with Gasteiger partial charge in [-0.1, -0.05) is 29.3 Å². The van der Waals surface area contributed by atoms with E-state index in [0.717, 1.165) is 5.56 Å². The van der Waals surface area contributed by atoms with Gasteiger partial charge in [0.1, 0.15) is 6.04 Å². The fourth-order valence-electron chi connectivity index (χ4n) is 1.16. The average Bonchev–Trinajstić information content (AvgIpc) is 2.15. The molecule has 0 heterocycles. The van der Waals surface area contributed by atoms with Crippen molar-refractivity contribution in [3.05, 3.63) is 33.8 Å². The molecule has 0 unspecified atom stereocenters. The first kappa shape index (κ1) is 12.3. The van der Waals surface area contributed by atoms with Gasteiger partial charge < -0.3 is 10.8 Å². The molecule has 1 aromatic rings. The standard InChI is InChI=1S/C10H11Cl2NO2/c11-7-3-1-6(8(12)5-7)2-4-9(13)10(14)15/h1,3,5,9H,2,4,13H2,(H,14,15)/t9-/m1/s1. The van der Waals surface area contributed by atoms with E-state index in [1.165, 1.54) is 0 Å². The maximum Gasteiger partial charge on any atom is 0.320 e. The van der Waals surface area contributed by atoms with Crippen LogP contribution in [0.2, 0.25) is 10.0 Å². The Hall–Kier alpha value is -0.770. The van der Waals surface area contributed by atoms with Crippen molar-refractivity contribution in [2.75, 3.05) is 0 Å². The molecule has 0 fully saturated rings. The Morgan fingerprint density at radius 1 is 1.47 bits per heavy atom. The highest BCUT2D eigenvalue weighted by atomic mass is 35.5. The molecule has 1 atom stereocenters. The Morgan fingerprint density at radius 3 is 2.67 bits per heavy atom. The highest BCUT2D eigenvalue weighted by Gasteiger charge is 2.12. The van der Waals surface area contributed by atoms with Crippen molar-refractivity contribution in [1.29, 1.82) is 0 Å². The van der Waals surface area contributed by atoms with Crippen LogP contribution < -0.4 is 5.73 Å². The van der Waals surface area contributed by atoms with Gasteiger partial charge in [0.15, 0.2) is 0 Å². The van der Waals surface area contributed by atoms with Gasteiger partial charge in [-0.15, -0.1) is 0 Å². The third kappa shape index (κ3) is 3.70. The normalized spacial score (nSPS) is 12.5. The minimum Gasteiger partial charge on any atom is -0.480 e. The van der Waals surface area contributed by atoms with E-state index < -0.39 is 12.0 Å². The van der Waals surface area contributed by atoms with E-state index >= 15 is 0 Å². The highest BCUT2D eigenvalue weighted by molar-refractivity contribution is 6.35. The summed E-state index contributed by atoms with van der Waals surface area (Å²) >= 11 is 11.6. The van der Waals surface area contributed by atoms with Crippen molar-refractivity contribution >= 4 is 29.2 Å². The number of carbonyl (C=O) groups is 1. The van der Waals surface area contributed by atoms with Crippen LogP contribution in [0.4, 0.5) is 0 Å². The lowest BCUT2D eigenvalue weighted by atomic mass is 10.1. The molecule has 0 saturated heterocycles. The third-order valence-electron chi connectivity index (χ3n) is 2.06. The van der Waals surface area contributed by atoms with E-state index in [-0.39, 0.29) is 0 Å². The molecule has 0 spiro atoms. The Balaban J connectivity index is 2.62. The molecular formula is C10H11Cl2NO2. The first-order valence-corrected chi connectivity index (χ1v) is 5.18. The zero-order valence-corrected chi connectivity index (χ0v) is 9.42. The van der Waals surface area contributed by atoms with E-state index in [1.807, 2.05) is 0 Å². The number of rotatable bonds is 4. The number of carboxylic acid groups (broad SMARTS) is 1.